The first kappa shape index (κ1) is 14.6. The van der Waals surface area contributed by atoms with E-state index in [2.05, 4.69) is 0 Å². The first-order valence-corrected chi connectivity index (χ1v) is 6.59. The molecule has 0 spiro atoms. The molecule has 2 rings (SSSR count). The average molecular weight is 282 g/mol. The number of nitrogen functional groups attached to an aromatic ring is 1. The summed E-state index contributed by atoms with van der Waals surface area (Å²) < 4.78 is 24.8. The van der Waals surface area contributed by atoms with E-state index in [9.17, 15) is 9.18 Å². The molecule has 1 aromatic rings. The molecule has 5 nitrogen and oxygen atoms in total. The normalized spacial score (nSPS) is 22.5. The Morgan fingerprint density at radius 3 is 2.70 bits per heavy atom. The Labute approximate surface area is 117 Å². The zero-order chi connectivity index (χ0) is 14.7. The topological polar surface area (TPSA) is 87.6 Å². The van der Waals surface area contributed by atoms with Crippen molar-refractivity contribution in [2.45, 2.75) is 37.9 Å². The predicted octanol–water partition coefficient (Wildman–Crippen LogP) is 1.84. The molecule has 1 aliphatic carbocycles. The van der Waals surface area contributed by atoms with Gasteiger partial charge in [-0.3, -0.25) is 4.79 Å². The van der Waals surface area contributed by atoms with Crippen LogP contribution in [0.25, 0.3) is 0 Å². The molecule has 110 valence electrons. The van der Waals surface area contributed by atoms with Crippen LogP contribution in [-0.2, 0) is 4.74 Å². The first-order chi connectivity index (χ1) is 9.51. The lowest BCUT2D eigenvalue weighted by Crippen LogP contribution is -2.29. The summed E-state index contributed by atoms with van der Waals surface area (Å²) in [4.78, 5) is 11.2. The van der Waals surface area contributed by atoms with E-state index in [1.165, 1.54) is 6.07 Å². The monoisotopic (exact) mass is 282 g/mol. The largest absolute Gasteiger partial charge is 0.487 e. The molecule has 4 N–H and O–H groups in total. The van der Waals surface area contributed by atoms with Crippen LogP contribution in [0.2, 0.25) is 0 Å². The van der Waals surface area contributed by atoms with Crippen LogP contribution in [0.15, 0.2) is 12.1 Å². The van der Waals surface area contributed by atoms with Gasteiger partial charge in [0.1, 0.15) is 6.10 Å². The van der Waals surface area contributed by atoms with Gasteiger partial charge in [0.2, 0.25) is 0 Å². The summed E-state index contributed by atoms with van der Waals surface area (Å²) in [5.41, 5.74) is 10.8. The van der Waals surface area contributed by atoms with Gasteiger partial charge in [-0.2, -0.15) is 0 Å². The Balaban J connectivity index is 2.16. The van der Waals surface area contributed by atoms with Crippen LogP contribution in [0.5, 0.6) is 5.75 Å². The van der Waals surface area contributed by atoms with Gasteiger partial charge in [0.25, 0.3) is 5.91 Å². The lowest BCUT2D eigenvalue weighted by molar-refractivity contribution is 0.0197. The maximum Gasteiger partial charge on any atom is 0.250 e. The van der Waals surface area contributed by atoms with Crippen molar-refractivity contribution in [1.29, 1.82) is 0 Å². The number of halogens is 1. The van der Waals surface area contributed by atoms with Gasteiger partial charge in [-0.05, 0) is 25.3 Å². The highest BCUT2D eigenvalue weighted by Crippen LogP contribution is 2.29. The highest BCUT2D eigenvalue weighted by atomic mass is 19.1. The van der Waals surface area contributed by atoms with Crippen LogP contribution in [-0.4, -0.2) is 25.2 Å². The van der Waals surface area contributed by atoms with Gasteiger partial charge in [0, 0.05) is 25.3 Å². The highest BCUT2D eigenvalue weighted by Gasteiger charge is 2.24. The van der Waals surface area contributed by atoms with E-state index >= 15 is 0 Å². The third-order valence-electron chi connectivity index (χ3n) is 3.57. The second-order valence-electron chi connectivity index (χ2n) is 5.00. The number of hydrogen-bond donors (Lipinski definition) is 2. The van der Waals surface area contributed by atoms with Gasteiger partial charge in [-0.15, -0.1) is 0 Å². The number of nitrogens with two attached hydrogens (primary N) is 2. The molecule has 2 atom stereocenters. The second-order valence-corrected chi connectivity index (χ2v) is 5.00. The van der Waals surface area contributed by atoms with Crippen molar-refractivity contribution in [3.8, 4) is 5.75 Å². The summed E-state index contributed by atoms with van der Waals surface area (Å²) in [6, 6.07) is 2.33. The predicted molar refractivity (Wildman–Crippen MR) is 73.0 cm³/mol. The molecule has 6 heteroatoms. The highest BCUT2D eigenvalue weighted by molar-refractivity contribution is 5.98. The van der Waals surface area contributed by atoms with E-state index in [1.54, 1.807) is 7.11 Å². The van der Waals surface area contributed by atoms with E-state index in [-0.39, 0.29) is 29.2 Å². The van der Waals surface area contributed by atoms with Crippen LogP contribution < -0.4 is 16.2 Å². The van der Waals surface area contributed by atoms with Crippen molar-refractivity contribution in [3.05, 3.63) is 23.5 Å². The lowest BCUT2D eigenvalue weighted by atomic mass is 9.95. The molecular weight excluding hydrogens is 263 g/mol. The molecule has 0 radical (unpaired) electrons. The van der Waals surface area contributed by atoms with Crippen molar-refractivity contribution >= 4 is 11.6 Å². The zero-order valence-electron chi connectivity index (χ0n) is 11.4. The molecule has 1 fully saturated rings. The van der Waals surface area contributed by atoms with Crippen LogP contribution in [0, 0.1) is 5.82 Å². The molecule has 1 amide bonds. The molecule has 0 aliphatic heterocycles. The number of primary amides is 1. The third-order valence-corrected chi connectivity index (χ3v) is 3.57. The van der Waals surface area contributed by atoms with Crippen LogP contribution in [0.3, 0.4) is 0 Å². The fourth-order valence-electron chi connectivity index (χ4n) is 2.48. The maximum absolute atomic E-state index is 13.8. The molecule has 0 saturated heterocycles. The van der Waals surface area contributed by atoms with Gasteiger partial charge in [-0.1, -0.05) is 0 Å². The lowest BCUT2D eigenvalue weighted by Gasteiger charge is -2.28. The second kappa shape index (κ2) is 6.09. The molecule has 1 aliphatic rings. The van der Waals surface area contributed by atoms with Gasteiger partial charge in [0.05, 0.1) is 11.7 Å². The minimum atomic E-state index is -0.703. The molecule has 1 saturated carbocycles. The zero-order valence-corrected chi connectivity index (χ0v) is 11.4. The number of amides is 1. The summed E-state index contributed by atoms with van der Waals surface area (Å²) in [5.74, 6) is -1.28. The van der Waals surface area contributed by atoms with Gasteiger partial charge in [-0.25, -0.2) is 4.39 Å². The number of rotatable bonds is 4. The van der Waals surface area contributed by atoms with E-state index < -0.39 is 11.7 Å². The smallest absolute Gasteiger partial charge is 0.250 e. The fraction of sp³-hybridized carbons (Fsp3) is 0.500. The summed E-state index contributed by atoms with van der Waals surface area (Å²) in [6.45, 7) is 0. The first-order valence-electron chi connectivity index (χ1n) is 6.59. The van der Waals surface area contributed by atoms with Crippen LogP contribution in [0.4, 0.5) is 10.1 Å². The molecule has 1 aromatic carbocycles. The summed E-state index contributed by atoms with van der Waals surface area (Å²) in [5, 5.41) is 0. The molecule has 0 bridgehead atoms. The molecule has 20 heavy (non-hydrogen) atoms. The van der Waals surface area contributed by atoms with E-state index in [4.69, 9.17) is 20.9 Å². The maximum atomic E-state index is 13.8. The number of hydrogen-bond acceptors (Lipinski definition) is 4. The van der Waals surface area contributed by atoms with Crippen molar-refractivity contribution in [3.63, 3.8) is 0 Å². The number of anilines is 1. The number of methoxy groups -OCH3 is 1. The summed E-state index contributed by atoms with van der Waals surface area (Å²) in [7, 11) is 1.65. The third kappa shape index (κ3) is 3.19. The molecular formula is C14H19FN2O3. The van der Waals surface area contributed by atoms with Gasteiger partial charge < -0.3 is 20.9 Å². The van der Waals surface area contributed by atoms with Crippen molar-refractivity contribution < 1.29 is 18.7 Å². The number of carbonyl (C=O) groups excluding carboxylic acids is 1. The molecule has 0 aromatic heterocycles. The Bertz CT molecular complexity index is 507. The summed E-state index contributed by atoms with van der Waals surface area (Å²) in [6.07, 6.45) is 3.46. The number of benzene rings is 1. The van der Waals surface area contributed by atoms with E-state index in [1.807, 2.05) is 0 Å². The van der Waals surface area contributed by atoms with Crippen LogP contribution >= 0.6 is 0 Å². The number of carbonyl (C=O) groups is 1. The van der Waals surface area contributed by atoms with Gasteiger partial charge in [0.15, 0.2) is 11.6 Å². The minimum Gasteiger partial charge on any atom is -0.487 e. The van der Waals surface area contributed by atoms with Gasteiger partial charge >= 0.3 is 0 Å². The van der Waals surface area contributed by atoms with Crippen LogP contribution in [0.1, 0.15) is 36.0 Å². The van der Waals surface area contributed by atoms with E-state index in [0.29, 0.717) is 6.42 Å². The standard InChI is InChI=1S/C14H19FN2O3/c1-19-8-3-2-4-9(5-8)20-13-6-10(14(17)18)12(16)7-11(13)15/h6-9H,2-5,16H2,1H3,(H2,17,18). The fourth-order valence-corrected chi connectivity index (χ4v) is 2.48. The molecule has 0 heterocycles. The minimum absolute atomic E-state index is 0.00903. The number of ether oxygens (including phenoxy) is 2. The molecule has 2 unspecified atom stereocenters. The van der Waals surface area contributed by atoms with Crippen molar-refractivity contribution in [1.82, 2.24) is 0 Å². The summed E-state index contributed by atoms with van der Waals surface area (Å²) >= 11 is 0. The Morgan fingerprint density at radius 2 is 2.05 bits per heavy atom. The van der Waals surface area contributed by atoms with Crippen molar-refractivity contribution in [2.75, 3.05) is 12.8 Å². The Hall–Kier alpha value is -1.82. The van der Waals surface area contributed by atoms with Crippen molar-refractivity contribution in [2.24, 2.45) is 5.73 Å². The Kier molecular flexibility index (Phi) is 4.44. The Morgan fingerprint density at radius 1 is 1.35 bits per heavy atom. The average Bonchev–Trinajstić information content (AvgIpc) is 2.41. The van der Waals surface area contributed by atoms with E-state index in [0.717, 1.165) is 25.3 Å². The SMILES string of the molecule is COC1CCCC(Oc2cc(C(N)=O)c(N)cc2F)C1. The quantitative estimate of drug-likeness (QED) is 0.825.